The van der Waals surface area contributed by atoms with Crippen molar-refractivity contribution in [2.75, 3.05) is 0 Å². The number of benzene rings is 1. The van der Waals surface area contributed by atoms with Gasteiger partial charge in [-0.05, 0) is 42.9 Å². The molecule has 1 aromatic rings. The van der Waals surface area contributed by atoms with Crippen molar-refractivity contribution < 1.29 is 10.2 Å². The van der Waals surface area contributed by atoms with Crippen LogP contribution in [0, 0.1) is 5.41 Å². The third-order valence-corrected chi connectivity index (χ3v) is 2.85. The van der Waals surface area contributed by atoms with Crippen LogP contribution in [0.25, 0.3) is 0 Å². The molecule has 90 valence electrons. The van der Waals surface area contributed by atoms with Gasteiger partial charge >= 0.3 is 0 Å². The molecule has 0 aliphatic rings. The van der Waals surface area contributed by atoms with Crippen molar-refractivity contribution in [3.63, 3.8) is 0 Å². The van der Waals surface area contributed by atoms with Gasteiger partial charge in [-0.3, -0.25) is 0 Å². The van der Waals surface area contributed by atoms with Crippen molar-refractivity contribution in [2.24, 2.45) is 5.41 Å². The number of rotatable bonds is 3. The number of hydrogen-bond donors (Lipinski definition) is 2. The number of aliphatic hydroxyl groups is 1. The van der Waals surface area contributed by atoms with Gasteiger partial charge in [-0.15, -0.1) is 0 Å². The van der Waals surface area contributed by atoms with Crippen LogP contribution in [0.3, 0.4) is 0 Å². The van der Waals surface area contributed by atoms with Gasteiger partial charge in [0.1, 0.15) is 5.75 Å². The van der Waals surface area contributed by atoms with Crippen molar-refractivity contribution in [1.29, 1.82) is 0 Å². The quantitative estimate of drug-likeness (QED) is 0.822. The van der Waals surface area contributed by atoms with Gasteiger partial charge < -0.3 is 10.2 Å². The van der Waals surface area contributed by atoms with E-state index in [0.717, 1.165) is 18.4 Å². The lowest BCUT2D eigenvalue weighted by Crippen LogP contribution is -2.23. The molecule has 0 aliphatic heterocycles. The topological polar surface area (TPSA) is 40.5 Å². The van der Waals surface area contributed by atoms with E-state index in [4.69, 9.17) is 0 Å². The Labute approximate surface area is 97.9 Å². The lowest BCUT2D eigenvalue weighted by atomic mass is 9.82. The molecule has 1 rings (SSSR count). The Morgan fingerprint density at radius 1 is 0.938 bits per heavy atom. The SMILES string of the molecule is CC(C)(C)CCC(C)(O)c1ccc(O)cc1. The number of aromatic hydroxyl groups is 1. The molecule has 2 heteroatoms. The highest BCUT2D eigenvalue weighted by molar-refractivity contribution is 5.29. The summed E-state index contributed by atoms with van der Waals surface area (Å²) in [7, 11) is 0. The first-order valence-corrected chi connectivity index (χ1v) is 5.73. The molecule has 1 atom stereocenters. The second-order valence-corrected chi connectivity index (χ2v) is 5.88. The molecule has 0 saturated carbocycles. The highest BCUT2D eigenvalue weighted by Gasteiger charge is 2.25. The summed E-state index contributed by atoms with van der Waals surface area (Å²) in [5.74, 6) is 0.232. The van der Waals surface area contributed by atoms with Crippen LogP contribution < -0.4 is 0 Å². The average molecular weight is 222 g/mol. The van der Waals surface area contributed by atoms with Gasteiger partial charge in [0.2, 0.25) is 0 Å². The minimum Gasteiger partial charge on any atom is -0.508 e. The molecule has 0 saturated heterocycles. The van der Waals surface area contributed by atoms with Crippen LogP contribution in [-0.2, 0) is 5.60 Å². The van der Waals surface area contributed by atoms with Crippen LogP contribution in [0.2, 0.25) is 0 Å². The largest absolute Gasteiger partial charge is 0.508 e. The summed E-state index contributed by atoms with van der Waals surface area (Å²) in [6, 6.07) is 6.78. The van der Waals surface area contributed by atoms with Crippen LogP contribution in [0.1, 0.15) is 46.1 Å². The molecule has 16 heavy (non-hydrogen) atoms. The maximum atomic E-state index is 10.4. The molecule has 0 aliphatic carbocycles. The van der Waals surface area contributed by atoms with Crippen LogP contribution in [0.15, 0.2) is 24.3 Å². The van der Waals surface area contributed by atoms with Crippen molar-refractivity contribution in [3.8, 4) is 5.75 Å². The third-order valence-electron chi connectivity index (χ3n) is 2.85. The molecule has 0 spiro atoms. The predicted octanol–water partition coefficient (Wildman–Crippen LogP) is 3.43. The molecular weight excluding hydrogens is 200 g/mol. The second kappa shape index (κ2) is 4.46. The Balaban J connectivity index is 2.73. The highest BCUT2D eigenvalue weighted by atomic mass is 16.3. The van der Waals surface area contributed by atoms with E-state index in [1.165, 1.54) is 0 Å². The Hall–Kier alpha value is -1.02. The van der Waals surface area contributed by atoms with Gasteiger partial charge in [-0.1, -0.05) is 32.9 Å². The summed E-state index contributed by atoms with van der Waals surface area (Å²) < 4.78 is 0. The first-order chi connectivity index (χ1) is 7.21. The Morgan fingerprint density at radius 2 is 1.44 bits per heavy atom. The maximum absolute atomic E-state index is 10.4. The Kier molecular flexibility index (Phi) is 3.64. The number of phenolic OH excluding ortho intramolecular Hbond substituents is 1. The van der Waals surface area contributed by atoms with E-state index < -0.39 is 5.60 Å². The monoisotopic (exact) mass is 222 g/mol. The Morgan fingerprint density at radius 3 is 1.88 bits per heavy atom. The fourth-order valence-electron chi connectivity index (χ4n) is 1.58. The summed E-state index contributed by atoms with van der Waals surface area (Å²) in [6.07, 6.45) is 1.68. The van der Waals surface area contributed by atoms with Crippen LogP contribution in [0.5, 0.6) is 5.75 Å². The van der Waals surface area contributed by atoms with Crippen molar-refractivity contribution in [2.45, 2.75) is 46.1 Å². The molecule has 1 unspecified atom stereocenters. The summed E-state index contributed by atoms with van der Waals surface area (Å²) in [5.41, 5.74) is 0.261. The normalized spacial score (nSPS) is 15.8. The van der Waals surface area contributed by atoms with Crippen LogP contribution in [0.4, 0.5) is 0 Å². The van der Waals surface area contributed by atoms with Crippen LogP contribution >= 0.6 is 0 Å². The van der Waals surface area contributed by atoms with Crippen molar-refractivity contribution >= 4 is 0 Å². The maximum Gasteiger partial charge on any atom is 0.115 e. The molecule has 0 radical (unpaired) electrons. The number of hydrogen-bond acceptors (Lipinski definition) is 2. The lowest BCUT2D eigenvalue weighted by molar-refractivity contribution is 0.0358. The number of phenols is 1. The van der Waals surface area contributed by atoms with E-state index in [0.29, 0.717) is 0 Å². The molecule has 2 nitrogen and oxygen atoms in total. The van der Waals surface area contributed by atoms with E-state index in [2.05, 4.69) is 20.8 Å². The van der Waals surface area contributed by atoms with Crippen molar-refractivity contribution in [3.05, 3.63) is 29.8 Å². The van der Waals surface area contributed by atoms with Crippen molar-refractivity contribution in [1.82, 2.24) is 0 Å². The molecular formula is C14H22O2. The molecule has 0 aromatic heterocycles. The summed E-state index contributed by atoms with van der Waals surface area (Å²) in [5, 5.41) is 19.6. The van der Waals surface area contributed by atoms with Crippen LogP contribution in [-0.4, -0.2) is 10.2 Å². The predicted molar refractivity (Wildman–Crippen MR) is 66.4 cm³/mol. The molecule has 0 amide bonds. The minimum absolute atomic E-state index is 0.223. The van der Waals surface area contributed by atoms with E-state index in [1.54, 1.807) is 24.3 Å². The smallest absolute Gasteiger partial charge is 0.115 e. The average Bonchev–Trinajstić information content (AvgIpc) is 2.15. The Bertz CT molecular complexity index is 331. The summed E-state index contributed by atoms with van der Waals surface area (Å²) >= 11 is 0. The minimum atomic E-state index is -0.818. The first-order valence-electron chi connectivity index (χ1n) is 5.73. The van der Waals surface area contributed by atoms with Gasteiger partial charge in [0, 0.05) is 0 Å². The molecule has 0 heterocycles. The standard InChI is InChI=1S/C14H22O2/c1-13(2,3)9-10-14(4,16)11-5-7-12(15)8-6-11/h5-8,15-16H,9-10H2,1-4H3. The lowest BCUT2D eigenvalue weighted by Gasteiger charge is -2.28. The van der Waals surface area contributed by atoms with Gasteiger partial charge in [-0.2, -0.15) is 0 Å². The zero-order chi connectivity index (χ0) is 12.4. The summed E-state index contributed by atoms with van der Waals surface area (Å²) in [6.45, 7) is 8.32. The van der Waals surface area contributed by atoms with E-state index in [9.17, 15) is 10.2 Å². The van der Waals surface area contributed by atoms with Gasteiger partial charge in [0.15, 0.2) is 0 Å². The molecule has 0 fully saturated rings. The van der Waals surface area contributed by atoms with Gasteiger partial charge in [-0.25, -0.2) is 0 Å². The second-order valence-electron chi connectivity index (χ2n) is 5.88. The molecule has 0 bridgehead atoms. The molecule has 2 N–H and O–H groups in total. The van der Waals surface area contributed by atoms with Gasteiger partial charge in [0.25, 0.3) is 0 Å². The third kappa shape index (κ3) is 3.86. The van der Waals surface area contributed by atoms with E-state index in [-0.39, 0.29) is 11.2 Å². The van der Waals surface area contributed by atoms with E-state index in [1.807, 2.05) is 6.92 Å². The summed E-state index contributed by atoms with van der Waals surface area (Å²) in [4.78, 5) is 0. The zero-order valence-electron chi connectivity index (χ0n) is 10.6. The van der Waals surface area contributed by atoms with Gasteiger partial charge in [0.05, 0.1) is 5.60 Å². The molecule has 1 aromatic carbocycles. The van der Waals surface area contributed by atoms with E-state index >= 15 is 0 Å². The fourth-order valence-corrected chi connectivity index (χ4v) is 1.58. The zero-order valence-corrected chi connectivity index (χ0v) is 10.6. The first kappa shape index (κ1) is 13.0. The fraction of sp³-hybridized carbons (Fsp3) is 0.571. The highest BCUT2D eigenvalue weighted by Crippen LogP contribution is 2.32.